The molecule has 204 valence electrons. The highest BCUT2D eigenvalue weighted by Gasteiger charge is 2.48. The number of ether oxygens (including phenoxy) is 2. The average molecular weight is 568 g/mol. The summed E-state index contributed by atoms with van der Waals surface area (Å²) in [5.41, 5.74) is 1.77. The summed E-state index contributed by atoms with van der Waals surface area (Å²) < 4.78 is 12.0. The van der Waals surface area contributed by atoms with Crippen LogP contribution < -0.4 is 10.1 Å². The van der Waals surface area contributed by atoms with Gasteiger partial charge in [-0.05, 0) is 40.7 Å². The van der Waals surface area contributed by atoms with E-state index in [4.69, 9.17) is 32.7 Å². The zero-order chi connectivity index (χ0) is 28.1. The number of nitrogens with one attached hydrogen (secondary N) is 1. The predicted octanol–water partition coefficient (Wildman–Crippen LogP) is 7.41. The lowest BCUT2D eigenvalue weighted by Gasteiger charge is -2.42. The molecule has 0 spiro atoms. The fourth-order valence-corrected chi connectivity index (χ4v) is 6.36. The molecular weight excluding hydrogens is 537 g/mol. The van der Waals surface area contributed by atoms with Gasteiger partial charge >= 0.3 is 0 Å². The van der Waals surface area contributed by atoms with E-state index in [9.17, 15) is 14.4 Å². The number of benzene rings is 2. The van der Waals surface area contributed by atoms with Crippen LogP contribution in [0.3, 0.4) is 0 Å². The number of hydrogen-bond donors (Lipinski definition) is 1. The molecule has 1 heterocycles. The third-order valence-electron chi connectivity index (χ3n) is 7.34. The molecule has 6 nitrogen and oxygen atoms in total. The summed E-state index contributed by atoms with van der Waals surface area (Å²) in [5, 5.41) is 3.12. The molecule has 0 unspecified atom stereocenters. The summed E-state index contributed by atoms with van der Waals surface area (Å²) in [6, 6.07) is 12.4. The fraction of sp³-hybridized carbons (Fsp3) is 0.387. The Balaban J connectivity index is 1.49. The van der Waals surface area contributed by atoms with Crippen LogP contribution in [-0.4, -0.2) is 24.1 Å². The molecule has 0 bridgehead atoms. The van der Waals surface area contributed by atoms with E-state index in [0.29, 0.717) is 59.6 Å². The van der Waals surface area contributed by atoms with Gasteiger partial charge in [0, 0.05) is 48.4 Å². The average Bonchev–Trinajstić information content (AvgIpc) is 2.81. The highest BCUT2D eigenvalue weighted by Crippen LogP contribution is 2.54. The highest BCUT2D eigenvalue weighted by molar-refractivity contribution is 6.37. The molecule has 2 aromatic carbocycles. The summed E-state index contributed by atoms with van der Waals surface area (Å²) >= 11 is 13.3. The molecule has 1 amide bonds. The summed E-state index contributed by atoms with van der Waals surface area (Å²) in [6.07, 6.45) is 1.89. The number of allylic oxidation sites excluding steroid dienone is 4. The molecule has 1 N–H and O–H groups in total. The molecule has 0 saturated carbocycles. The first-order valence-electron chi connectivity index (χ1n) is 13.0. The van der Waals surface area contributed by atoms with Crippen molar-refractivity contribution in [2.75, 3.05) is 11.9 Å². The minimum absolute atomic E-state index is 0.0411. The maximum absolute atomic E-state index is 13.5. The molecule has 1 aliphatic heterocycles. The highest BCUT2D eigenvalue weighted by atomic mass is 35.5. The molecule has 3 aliphatic rings. The van der Waals surface area contributed by atoms with E-state index < -0.39 is 5.92 Å². The van der Waals surface area contributed by atoms with Crippen molar-refractivity contribution in [3.05, 3.63) is 80.7 Å². The van der Waals surface area contributed by atoms with Crippen molar-refractivity contribution >= 4 is 46.4 Å². The number of amides is 1. The zero-order valence-corrected chi connectivity index (χ0v) is 24.0. The minimum atomic E-state index is -0.624. The number of para-hydroxylation sites is 1. The Bertz CT molecular complexity index is 1360. The molecule has 0 aromatic heterocycles. The Morgan fingerprint density at radius 3 is 1.92 bits per heavy atom. The molecule has 5 rings (SSSR count). The Kier molecular flexibility index (Phi) is 7.15. The molecular formula is C31H31Cl2NO5. The van der Waals surface area contributed by atoms with Crippen LogP contribution in [0.5, 0.6) is 5.75 Å². The maximum Gasteiger partial charge on any atom is 0.262 e. The van der Waals surface area contributed by atoms with Crippen molar-refractivity contribution in [1.82, 2.24) is 0 Å². The molecule has 0 atom stereocenters. The lowest BCUT2D eigenvalue weighted by atomic mass is 9.65. The number of ketones is 2. The van der Waals surface area contributed by atoms with Crippen LogP contribution >= 0.6 is 23.2 Å². The predicted molar refractivity (Wildman–Crippen MR) is 151 cm³/mol. The fourth-order valence-electron chi connectivity index (χ4n) is 5.75. The SMILES string of the molecule is CC1(C)CC(=O)C2=C(C1)OC1=C(C(=O)CC(C)(C)C1)C2c1cc(Cl)c(OCC(=O)Nc2ccccc2)c(Cl)c1. The van der Waals surface area contributed by atoms with Gasteiger partial charge in [0.25, 0.3) is 5.91 Å². The van der Waals surface area contributed by atoms with E-state index in [1.54, 1.807) is 24.3 Å². The van der Waals surface area contributed by atoms with Crippen LogP contribution in [0.4, 0.5) is 5.69 Å². The second-order valence-corrected chi connectivity index (χ2v) is 12.9. The first-order valence-corrected chi connectivity index (χ1v) is 13.8. The Hall–Kier alpha value is -3.09. The van der Waals surface area contributed by atoms with E-state index in [1.807, 2.05) is 45.9 Å². The van der Waals surface area contributed by atoms with Crippen LogP contribution in [0.2, 0.25) is 10.0 Å². The van der Waals surface area contributed by atoms with Gasteiger partial charge in [-0.25, -0.2) is 0 Å². The normalized spacial score (nSPS) is 20.3. The standard InChI is InChI=1S/C31H31Cl2NO5/c1-30(2)12-21(35)27-23(14-30)39-24-15-31(3,4)13-22(36)28(24)26(27)17-10-19(32)29(20(33)11-17)38-16-25(37)34-18-8-6-5-7-9-18/h5-11,26H,12-16H2,1-4H3,(H,34,37). The lowest BCUT2D eigenvalue weighted by molar-refractivity contribution is -0.120. The van der Waals surface area contributed by atoms with Gasteiger partial charge in [-0.15, -0.1) is 0 Å². The van der Waals surface area contributed by atoms with Crippen LogP contribution in [-0.2, 0) is 19.1 Å². The van der Waals surface area contributed by atoms with Crippen LogP contribution in [0, 0.1) is 10.8 Å². The second kappa shape index (κ2) is 10.1. The Labute approximate surface area is 238 Å². The number of Topliss-reactive ketones (excluding diaryl/α,β-unsaturated/α-hetero) is 2. The third-order valence-corrected chi connectivity index (χ3v) is 7.90. The second-order valence-electron chi connectivity index (χ2n) is 12.1. The number of halogens is 2. The number of hydrogen-bond acceptors (Lipinski definition) is 5. The van der Waals surface area contributed by atoms with Gasteiger partial charge in [0.1, 0.15) is 11.5 Å². The largest absolute Gasteiger partial charge is 0.481 e. The maximum atomic E-state index is 13.5. The number of carbonyl (C=O) groups excluding carboxylic acids is 3. The van der Waals surface area contributed by atoms with Gasteiger partial charge in [-0.3, -0.25) is 14.4 Å². The van der Waals surface area contributed by atoms with E-state index in [-0.39, 0.29) is 50.7 Å². The smallest absolute Gasteiger partial charge is 0.262 e. The molecule has 0 radical (unpaired) electrons. The summed E-state index contributed by atoms with van der Waals surface area (Å²) in [7, 11) is 0. The summed E-state index contributed by atoms with van der Waals surface area (Å²) in [5.74, 6) is 0.333. The Morgan fingerprint density at radius 2 is 1.41 bits per heavy atom. The van der Waals surface area contributed by atoms with E-state index in [2.05, 4.69) is 5.32 Å². The van der Waals surface area contributed by atoms with Crippen molar-refractivity contribution < 1.29 is 23.9 Å². The summed E-state index contributed by atoms with van der Waals surface area (Å²) in [4.78, 5) is 39.4. The van der Waals surface area contributed by atoms with E-state index in [1.165, 1.54) is 0 Å². The van der Waals surface area contributed by atoms with E-state index >= 15 is 0 Å². The quantitative estimate of drug-likeness (QED) is 0.406. The monoisotopic (exact) mass is 567 g/mol. The first kappa shape index (κ1) is 27.5. The van der Waals surface area contributed by atoms with Crippen molar-refractivity contribution in [2.45, 2.75) is 59.3 Å². The molecule has 0 fully saturated rings. The van der Waals surface area contributed by atoms with Crippen molar-refractivity contribution in [3.63, 3.8) is 0 Å². The lowest BCUT2D eigenvalue weighted by Crippen LogP contribution is -2.37. The number of carbonyl (C=O) groups is 3. The van der Waals surface area contributed by atoms with Gasteiger partial charge in [-0.2, -0.15) is 0 Å². The van der Waals surface area contributed by atoms with Crippen molar-refractivity contribution in [1.29, 1.82) is 0 Å². The Morgan fingerprint density at radius 1 is 0.897 bits per heavy atom. The third kappa shape index (κ3) is 5.64. The molecule has 0 saturated heterocycles. The van der Waals surface area contributed by atoms with Gasteiger partial charge in [0.15, 0.2) is 23.9 Å². The van der Waals surface area contributed by atoms with Gasteiger partial charge < -0.3 is 14.8 Å². The van der Waals surface area contributed by atoms with Crippen LogP contribution in [0.15, 0.2) is 65.1 Å². The van der Waals surface area contributed by atoms with E-state index in [0.717, 1.165) is 0 Å². The minimum Gasteiger partial charge on any atom is -0.481 e. The number of rotatable bonds is 5. The first-order chi connectivity index (χ1) is 18.3. The molecule has 39 heavy (non-hydrogen) atoms. The topological polar surface area (TPSA) is 81.7 Å². The van der Waals surface area contributed by atoms with Gasteiger partial charge in [0.05, 0.1) is 10.0 Å². The number of anilines is 1. The van der Waals surface area contributed by atoms with Crippen molar-refractivity contribution in [2.24, 2.45) is 10.8 Å². The van der Waals surface area contributed by atoms with Gasteiger partial charge in [0.2, 0.25) is 0 Å². The van der Waals surface area contributed by atoms with Gasteiger partial charge in [-0.1, -0.05) is 69.1 Å². The van der Waals surface area contributed by atoms with Crippen LogP contribution in [0.1, 0.15) is 64.9 Å². The van der Waals surface area contributed by atoms with Crippen LogP contribution in [0.25, 0.3) is 0 Å². The van der Waals surface area contributed by atoms with Crippen molar-refractivity contribution in [3.8, 4) is 5.75 Å². The molecule has 8 heteroatoms. The zero-order valence-electron chi connectivity index (χ0n) is 22.5. The molecule has 2 aromatic rings. The summed E-state index contributed by atoms with van der Waals surface area (Å²) in [6.45, 7) is 7.87. The molecule has 2 aliphatic carbocycles.